The molecular formula is C23H26N2O4. The molecule has 6 heteroatoms. The molecule has 1 unspecified atom stereocenters. The molecule has 0 bridgehead atoms. The van der Waals surface area contributed by atoms with Gasteiger partial charge in [0.05, 0.1) is 12.5 Å². The number of aliphatic carboxylic acids is 1. The molecule has 2 aromatic carbocycles. The van der Waals surface area contributed by atoms with E-state index in [1.165, 1.54) is 5.56 Å². The summed E-state index contributed by atoms with van der Waals surface area (Å²) in [5.41, 5.74) is 3.20. The summed E-state index contributed by atoms with van der Waals surface area (Å²) in [5, 5.41) is 14.9. The van der Waals surface area contributed by atoms with Crippen LogP contribution in [-0.4, -0.2) is 28.9 Å². The number of carbonyl (C=O) groups is 3. The van der Waals surface area contributed by atoms with Gasteiger partial charge in [0.15, 0.2) is 0 Å². The lowest BCUT2D eigenvalue weighted by Gasteiger charge is -2.26. The SMILES string of the molecule is O=C(Cc1ccccc1)NC(CCC(=O)N[C@@H]1CCCc2ccccc21)C(=O)O. The number of amides is 2. The number of hydrogen-bond donors (Lipinski definition) is 3. The quantitative estimate of drug-likeness (QED) is 0.642. The normalized spacial score (nSPS) is 16.3. The van der Waals surface area contributed by atoms with Crippen LogP contribution in [0.2, 0.25) is 0 Å². The summed E-state index contributed by atoms with van der Waals surface area (Å²) in [6, 6.07) is 16.1. The van der Waals surface area contributed by atoms with Crippen molar-refractivity contribution in [2.75, 3.05) is 0 Å². The van der Waals surface area contributed by atoms with Crippen molar-refractivity contribution in [3.05, 3.63) is 71.3 Å². The monoisotopic (exact) mass is 394 g/mol. The zero-order valence-electron chi connectivity index (χ0n) is 16.3. The average Bonchev–Trinajstić information content (AvgIpc) is 2.72. The molecule has 152 valence electrons. The molecule has 6 nitrogen and oxygen atoms in total. The minimum absolute atomic E-state index is 0.0385. The van der Waals surface area contributed by atoms with Crippen molar-refractivity contribution in [2.45, 2.75) is 50.6 Å². The number of benzene rings is 2. The van der Waals surface area contributed by atoms with E-state index in [1.54, 1.807) is 0 Å². The van der Waals surface area contributed by atoms with Gasteiger partial charge in [-0.15, -0.1) is 0 Å². The number of fused-ring (bicyclic) bond motifs is 1. The van der Waals surface area contributed by atoms with Gasteiger partial charge in [-0.25, -0.2) is 4.79 Å². The molecule has 0 heterocycles. The van der Waals surface area contributed by atoms with Crippen LogP contribution in [0.25, 0.3) is 0 Å². The van der Waals surface area contributed by atoms with Gasteiger partial charge in [0.25, 0.3) is 0 Å². The number of hydrogen-bond acceptors (Lipinski definition) is 3. The summed E-state index contributed by atoms with van der Waals surface area (Å²) < 4.78 is 0. The molecule has 1 aliphatic rings. The molecule has 29 heavy (non-hydrogen) atoms. The van der Waals surface area contributed by atoms with E-state index in [1.807, 2.05) is 48.5 Å². The van der Waals surface area contributed by atoms with Crippen molar-refractivity contribution in [2.24, 2.45) is 0 Å². The van der Waals surface area contributed by atoms with E-state index >= 15 is 0 Å². The third-order valence-electron chi connectivity index (χ3n) is 5.21. The van der Waals surface area contributed by atoms with Gasteiger partial charge in [0.1, 0.15) is 6.04 Å². The summed E-state index contributed by atoms with van der Waals surface area (Å²) in [6.45, 7) is 0. The maximum atomic E-state index is 12.4. The molecule has 0 aromatic heterocycles. The van der Waals surface area contributed by atoms with E-state index in [-0.39, 0.29) is 37.1 Å². The summed E-state index contributed by atoms with van der Waals surface area (Å²) >= 11 is 0. The Morgan fingerprint density at radius 2 is 1.72 bits per heavy atom. The Labute approximate surface area is 170 Å². The second-order valence-electron chi connectivity index (χ2n) is 7.37. The minimum Gasteiger partial charge on any atom is -0.480 e. The van der Waals surface area contributed by atoms with Crippen LogP contribution in [0, 0.1) is 0 Å². The zero-order valence-corrected chi connectivity index (χ0v) is 16.3. The first kappa shape index (κ1) is 20.6. The van der Waals surface area contributed by atoms with E-state index in [0.717, 1.165) is 30.4 Å². The molecule has 3 rings (SSSR count). The Morgan fingerprint density at radius 3 is 2.48 bits per heavy atom. The van der Waals surface area contributed by atoms with E-state index in [9.17, 15) is 19.5 Å². The largest absolute Gasteiger partial charge is 0.480 e. The molecule has 0 spiro atoms. The Kier molecular flexibility index (Phi) is 7.00. The van der Waals surface area contributed by atoms with Crippen LogP contribution in [0.5, 0.6) is 0 Å². The zero-order chi connectivity index (χ0) is 20.6. The Morgan fingerprint density at radius 1 is 1.00 bits per heavy atom. The average molecular weight is 394 g/mol. The first-order valence-electron chi connectivity index (χ1n) is 9.96. The lowest BCUT2D eigenvalue weighted by atomic mass is 9.87. The fourth-order valence-corrected chi connectivity index (χ4v) is 3.73. The third-order valence-corrected chi connectivity index (χ3v) is 5.21. The second kappa shape index (κ2) is 9.87. The van der Waals surface area contributed by atoms with Crippen molar-refractivity contribution in [1.29, 1.82) is 0 Å². The van der Waals surface area contributed by atoms with E-state index in [2.05, 4.69) is 16.7 Å². The maximum absolute atomic E-state index is 12.4. The van der Waals surface area contributed by atoms with Crippen LogP contribution in [0.15, 0.2) is 54.6 Å². The maximum Gasteiger partial charge on any atom is 0.326 e. The topological polar surface area (TPSA) is 95.5 Å². The number of nitrogens with one attached hydrogen (secondary N) is 2. The number of rotatable bonds is 8. The van der Waals surface area contributed by atoms with E-state index < -0.39 is 12.0 Å². The van der Waals surface area contributed by atoms with Crippen LogP contribution in [0.3, 0.4) is 0 Å². The Hall–Kier alpha value is -3.15. The predicted molar refractivity (Wildman–Crippen MR) is 109 cm³/mol. The Balaban J connectivity index is 1.51. The van der Waals surface area contributed by atoms with Gasteiger partial charge in [0.2, 0.25) is 11.8 Å². The van der Waals surface area contributed by atoms with Gasteiger partial charge < -0.3 is 15.7 Å². The Bertz CT molecular complexity index is 866. The molecule has 2 aromatic rings. The number of carboxylic acids is 1. The van der Waals surface area contributed by atoms with Gasteiger partial charge in [-0.1, -0.05) is 54.6 Å². The summed E-state index contributed by atoms with van der Waals surface area (Å²) in [4.78, 5) is 36.1. The van der Waals surface area contributed by atoms with E-state index in [4.69, 9.17) is 0 Å². The molecule has 0 radical (unpaired) electrons. The van der Waals surface area contributed by atoms with Crippen LogP contribution in [-0.2, 0) is 27.2 Å². The molecule has 2 amide bonds. The third kappa shape index (κ3) is 5.91. The molecule has 1 aliphatic carbocycles. The van der Waals surface area contributed by atoms with Crippen molar-refractivity contribution in [1.82, 2.24) is 10.6 Å². The molecule has 0 saturated carbocycles. The first-order chi connectivity index (χ1) is 14.0. The first-order valence-corrected chi connectivity index (χ1v) is 9.96. The molecule has 0 fully saturated rings. The second-order valence-corrected chi connectivity index (χ2v) is 7.37. The summed E-state index contributed by atoms with van der Waals surface area (Å²) in [6.07, 6.45) is 3.10. The molecular weight excluding hydrogens is 368 g/mol. The predicted octanol–water partition coefficient (Wildman–Crippen LogP) is 2.77. The minimum atomic E-state index is -1.14. The van der Waals surface area contributed by atoms with Crippen LogP contribution < -0.4 is 10.6 Å². The number of carbonyl (C=O) groups excluding carboxylic acids is 2. The van der Waals surface area contributed by atoms with Crippen molar-refractivity contribution < 1.29 is 19.5 Å². The van der Waals surface area contributed by atoms with Gasteiger partial charge in [-0.3, -0.25) is 9.59 Å². The standard InChI is InChI=1S/C23H26N2O4/c26-21(24-19-12-6-10-17-9-4-5-11-18(17)19)14-13-20(23(28)29)25-22(27)15-16-7-2-1-3-8-16/h1-5,7-9,11,19-20H,6,10,12-15H2,(H,24,26)(H,25,27)(H,28,29)/t19-,20?/m1/s1. The number of aryl methyl sites for hydroxylation is 1. The van der Waals surface area contributed by atoms with Crippen LogP contribution >= 0.6 is 0 Å². The van der Waals surface area contributed by atoms with Crippen molar-refractivity contribution in [3.63, 3.8) is 0 Å². The van der Waals surface area contributed by atoms with Crippen molar-refractivity contribution in [3.8, 4) is 0 Å². The molecule has 3 N–H and O–H groups in total. The van der Waals surface area contributed by atoms with Crippen molar-refractivity contribution >= 4 is 17.8 Å². The molecule has 2 atom stereocenters. The highest BCUT2D eigenvalue weighted by molar-refractivity contribution is 5.85. The summed E-state index contributed by atoms with van der Waals surface area (Å²) in [5.74, 6) is -1.71. The highest BCUT2D eigenvalue weighted by Crippen LogP contribution is 2.29. The van der Waals surface area contributed by atoms with Gasteiger partial charge in [-0.05, 0) is 42.4 Å². The smallest absolute Gasteiger partial charge is 0.326 e. The highest BCUT2D eigenvalue weighted by atomic mass is 16.4. The van der Waals surface area contributed by atoms with Gasteiger partial charge in [-0.2, -0.15) is 0 Å². The van der Waals surface area contributed by atoms with Gasteiger partial charge in [0, 0.05) is 6.42 Å². The van der Waals surface area contributed by atoms with Gasteiger partial charge >= 0.3 is 5.97 Å². The lowest BCUT2D eigenvalue weighted by Crippen LogP contribution is -2.42. The molecule has 0 saturated heterocycles. The molecule has 0 aliphatic heterocycles. The lowest BCUT2D eigenvalue weighted by molar-refractivity contribution is -0.142. The van der Waals surface area contributed by atoms with E-state index in [0.29, 0.717) is 0 Å². The fourth-order valence-electron chi connectivity index (χ4n) is 3.73. The summed E-state index contributed by atoms with van der Waals surface area (Å²) in [7, 11) is 0. The number of carboxylic acid groups (broad SMARTS) is 1. The fraction of sp³-hybridized carbons (Fsp3) is 0.348. The van der Waals surface area contributed by atoms with Crippen LogP contribution in [0.1, 0.15) is 48.4 Å². The highest BCUT2D eigenvalue weighted by Gasteiger charge is 2.24. The van der Waals surface area contributed by atoms with Crippen LogP contribution in [0.4, 0.5) is 0 Å².